The summed E-state index contributed by atoms with van der Waals surface area (Å²) in [7, 11) is 0. The van der Waals surface area contributed by atoms with E-state index in [-0.39, 0.29) is 21.6 Å². The lowest BCUT2D eigenvalue weighted by atomic mass is 9.97. The zero-order valence-corrected chi connectivity index (χ0v) is 7.83. The molecule has 1 fully saturated rings. The Morgan fingerprint density at radius 2 is 2.00 bits per heavy atom. The summed E-state index contributed by atoms with van der Waals surface area (Å²) in [5.41, 5.74) is 0. The highest BCUT2D eigenvalue weighted by Crippen LogP contribution is 2.37. The molecule has 0 aromatic carbocycles. The number of hydrogen-bond donors (Lipinski definition) is 0. The quantitative estimate of drug-likeness (QED) is 0.521. The molecular weight excluding hydrogens is 160 g/mol. The van der Waals surface area contributed by atoms with Crippen LogP contribution in [0.15, 0.2) is 0 Å². The Morgan fingerprint density at radius 1 is 1.45 bits per heavy atom. The van der Waals surface area contributed by atoms with Gasteiger partial charge in [0, 0.05) is 11.2 Å². The van der Waals surface area contributed by atoms with Gasteiger partial charge in [0.15, 0.2) is 5.12 Å². The van der Waals surface area contributed by atoms with E-state index in [9.17, 15) is 9.59 Å². The minimum Gasteiger partial charge on any atom is -0.299 e. The van der Waals surface area contributed by atoms with E-state index in [0.29, 0.717) is 6.42 Å². The van der Waals surface area contributed by atoms with Crippen LogP contribution in [0.3, 0.4) is 0 Å². The first-order valence-corrected chi connectivity index (χ1v) is 4.49. The third kappa shape index (κ3) is 1.83. The lowest BCUT2D eigenvalue weighted by molar-refractivity contribution is -0.129. The zero-order valence-electron chi connectivity index (χ0n) is 7.01. The molecule has 0 bridgehead atoms. The van der Waals surface area contributed by atoms with Gasteiger partial charge in [-0.05, 0) is 20.8 Å². The summed E-state index contributed by atoms with van der Waals surface area (Å²) in [6.07, 6.45) is 0.518. The summed E-state index contributed by atoms with van der Waals surface area (Å²) in [5, 5.41) is 0.0197. The summed E-state index contributed by atoms with van der Waals surface area (Å²) in [6, 6.07) is 0. The Hall–Kier alpha value is -0.310. The molecule has 0 amide bonds. The van der Waals surface area contributed by atoms with Crippen molar-refractivity contribution in [2.45, 2.75) is 31.9 Å². The first-order valence-electron chi connectivity index (χ1n) is 3.68. The first kappa shape index (κ1) is 8.78. The van der Waals surface area contributed by atoms with Crippen LogP contribution in [-0.2, 0) is 9.59 Å². The van der Waals surface area contributed by atoms with Gasteiger partial charge in [0.1, 0.15) is 5.78 Å². The second-order valence-electron chi connectivity index (χ2n) is 3.55. The summed E-state index contributed by atoms with van der Waals surface area (Å²) in [5.74, 6) is -0.299. The van der Waals surface area contributed by atoms with Crippen molar-refractivity contribution in [1.29, 1.82) is 0 Å². The molecule has 1 aliphatic rings. The van der Waals surface area contributed by atoms with Crippen molar-refractivity contribution < 1.29 is 9.59 Å². The lowest BCUT2D eigenvalue weighted by Gasteiger charge is -2.29. The van der Waals surface area contributed by atoms with Gasteiger partial charge < -0.3 is 0 Å². The van der Waals surface area contributed by atoms with Gasteiger partial charge in [0.05, 0.1) is 5.92 Å². The fourth-order valence-corrected chi connectivity index (χ4v) is 2.17. The normalized spacial score (nSPS) is 30.6. The molecule has 1 atom stereocenters. The molecule has 1 unspecified atom stereocenters. The van der Waals surface area contributed by atoms with E-state index in [0.717, 1.165) is 0 Å². The predicted molar refractivity (Wildman–Crippen MR) is 45.5 cm³/mol. The predicted octanol–water partition coefficient (Wildman–Crippen LogP) is 1.63. The van der Waals surface area contributed by atoms with E-state index in [2.05, 4.69) is 0 Å². The van der Waals surface area contributed by atoms with Gasteiger partial charge in [-0.2, -0.15) is 0 Å². The van der Waals surface area contributed by atoms with Crippen LogP contribution >= 0.6 is 11.8 Å². The van der Waals surface area contributed by atoms with Crippen molar-refractivity contribution in [2.75, 3.05) is 0 Å². The van der Waals surface area contributed by atoms with Crippen molar-refractivity contribution in [1.82, 2.24) is 0 Å². The second kappa shape index (κ2) is 2.63. The SMILES string of the molecule is CC1C(=O)CC(C)(C)SC1=O. The number of Topliss-reactive ketones (excluding diaryl/α,β-unsaturated/α-hetero) is 1. The molecule has 0 spiro atoms. The maximum Gasteiger partial charge on any atom is 0.199 e. The fourth-order valence-electron chi connectivity index (χ4n) is 1.10. The third-order valence-electron chi connectivity index (χ3n) is 1.81. The van der Waals surface area contributed by atoms with Crippen LogP contribution in [0.2, 0.25) is 0 Å². The first-order chi connectivity index (χ1) is 4.92. The third-order valence-corrected chi connectivity index (χ3v) is 3.07. The van der Waals surface area contributed by atoms with E-state index in [1.54, 1.807) is 6.92 Å². The van der Waals surface area contributed by atoms with Gasteiger partial charge in [0.2, 0.25) is 0 Å². The average Bonchev–Trinajstić information content (AvgIpc) is 1.81. The van der Waals surface area contributed by atoms with Crippen molar-refractivity contribution in [3.63, 3.8) is 0 Å². The van der Waals surface area contributed by atoms with Crippen LogP contribution in [0.4, 0.5) is 0 Å². The molecule has 1 aliphatic heterocycles. The molecule has 0 aliphatic carbocycles. The van der Waals surface area contributed by atoms with Crippen LogP contribution in [0, 0.1) is 5.92 Å². The smallest absolute Gasteiger partial charge is 0.199 e. The summed E-state index contributed by atoms with van der Waals surface area (Å²) in [6.45, 7) is 5.55. The molecule has 0 N–H and O–H groups in total. The molecule has 62 valence electrons. The van der Waals surface area contributed by atoms with Crippen LogP contribution in [0.1, 0.15) is 27.2 Å². The molecule has 0 saturated carbocycles. The standard InChI is InChI=1S/C8H12O2S/c1-5-6(9)4-8(2,3)11-7(5)10/h5H,4H2,1-3H3. The van der Waals surface area contributed by atoms with E-state index >= 15 is 0 Å². The van der Waals surface area contributed by atoms with Gasteiger partial charge in [0.25, 0.3) is 0 Å². The summed E-state index contributed by atoms with van der Waals surface area (Å²) >= 11 is 1.30. The molecular formula is C8H12O2S. The maximum atomic E-state index is 11.2. The van der Waals surface area contributed by atoms with Crippen LogP contribution < -0.4 is 0 Å². The maximum absolute atomic E-state index is 11.2. The van der Waals surface area contributed by atoms with Crippen molar-refractivity contribution in [3.8, 4) is 0 Å². The molecule has 11 heavy (non-hydrogen) atoms. The van der Waals surface area contributed by atoms with Gasteiger partial charge >= 0.3 is 0 Å². The zero-order chi connectivity index (χ0) is 8.65. The number of thioether (sulfide) groups is 1. The van der Waals surface area contributed by atoms with E-state index < -0.39 is 0 Å². The molecule has 1 saturated heterocycles. The Kier molecular flexibility index (Phi) is 2.10. The van der Waals surface area contributed by atoms with Crippen LogP contribution in [-0.4, -0.2) is 15.6 Å². The molecule has 1 rings (SSSR count). The topological polar surface area (TPSA) is 34.1 Å². The lowest BCUT2D eigenvalue weighted by Crippen LogP contribution is -2.35. The monoisotopic (exact) mass is 172 g/mol. The van der Waals surface area contributed by atoms with Gasteiger partial charge in [-0.3, -0.25) is 9.59 Å². The fraction of sp³-hybridized carbons (Fsp3) is 0.750. The Bertz CT molecular complexity index is 188. The van der Waals surface area contributed by atoms with Crippen molar-refractivity contribution >= 4 is 22.7 Å². The molecule has 2 nitrogen and oxygen atoms in total. The van der Waals surface area contributed by atoms with Gasteiger partial charge in [-0.1, -0.05) is 11.8 Å². The largest absolute Gasteiger partial charge is 0.299 e. The van der Waals surface area contributed by atoms with Crippen LogP contribution in [0.25, 0.3) is 0 Å². The van der Waals surface area contributed by atoms with Gasteiger partial charge in [-0.15, -0.1) is 0 Å². The minimum atomic E-state index is -0.381. The molecule has 0 aromatic heterocycles. The number of hydrogen-bond acceptors (Lipinski definition) is 3. The number of carbonyl (C=O) groups excluding carboxylic acids is 2. The van der Waals surface area contributed by atoms with Crippen molar-refractivity contribution in [3.05, 3.63) is 0 Å². The Labute approximate surface area is 70.7 Å². The second-order valence-corrected chi connectivity index (χ2v) is 5.26. The van der Waals surface area contributed by atoms with Gasteiger partial charge in [-0.25, -0.2) is 0 Å². The highest BCUT2D eigenvalue weighted by molar-refractivity contribution is 8.15. The molecule has 1 heterocycles. The minimum absolute atomic E-state index is 0.0197. The Balaban J connectivity index is 2.78. The highest BCUT2D eigenvalue weighted by Gasteiger charge is 2.37. The highest BCUT2D eigenvalue weighted by atomic mass is 32.2. The van der Waals surface area contributed by atoms with E-state index in [1.165, 1.54) is 11.8 Å². The Morgan fingerprint density at radius 3 is 2.45 bits per heavy atom. The number of carbonyl (C=O) groups is 2. The molecule has 3 heteroatoms. The average molecular weight is 172 g/mol. The van der Waals surface area contributed by atoms with E-state index in [1.807, 2.05) is 13.8 Å². The summed E-state index contributed by atoms with van der Waals surface area (Å²) in [4.78, 5) is 22.3. The van der Waals surface area contributed by atoms with Crippen molar-refractivity contribution in [2.24, 2.45) is 5.92 Å². The molecule has 0 radical (unpaired) electrons. The summed E-state index contributed by atoms with van der Waals surface area (Å²) < 4.78 is -0.180. The number of rotatable bonds is 0. The van der Waals surface area contributed by atoms with E-state index in [4.69, 9.17) is 0 Å². The molecule has 0 aromatic rings. The number of ketones is 1. The van der Waals surface area contributed by atoms with Crippen LogP contribution in [0.5, 0.6) is 0 Å².